The average molecular weight is 619 g/mol. The maximum atomic E-state index is 12.2. The molecule has 1 N–H and O–H groups in total. The topological polar surface area (TPSA) is 108 Å². The maximum Gasteiger partial charge on any atom is 0.338 e. The van der Waals surface area contributed by atoms with E-state index in [-0.39, 0.29) is 47.1 Å². The summed E-state index contributed by atoms with van der Waals surface area (Å²) >= 11 is 3.19. The summed E-state index contributed by atoms with van der Waals surface area (Å²) in [5.41, 5.74) is 0.959. The van der Waals surface area contributed by atoms with E-state index in [1.807, 2.05) is 38.5 Å². The van der Waals surface area contributed by atoms with E-state index in [9.17, 15) is 19.5 Å². The van der Waals surface area contributed by atoms with Crippen LogP contribution in [0.25, 0.3) is 0 Å². The Labute approximate surface area is 257 Å². The summed E-state index contributed by atoms with van der Waals surface area (Å²) in [6.45, 7) is 8.03. The Bertz CT molecular complexity index is 1130. The fourth-order valence-corrected chi connectivity index (χ4v) is 7.00. The number of carbonyl (C=O) groups excluding carboxylic acids is 3. The zero-order chi connectivity index (χ0) is 30.8. The van der Waals surface area contributed by atoms with Gasteiger partial charge in [-0.15, -0.1) is 23.5 Å². The molecule has 2 aromatic carbocycles. The van der Waals surface area contributed by atoms with Crippen LogP contribution < -0.4 is 0 Å². The molecule has 4 rings (SSSR count). The lowest BCUT2D eigenvalue weighted by atomic mass is 9.85. The van der Waals surface area contributed by atoms with Crippen LogP contribution in [-0.4, -0.2) is 77.7 Å². The fourth-order valence-electron chi connectivity index (χ4n) is 5.15. The second-order valence-corrected chi connectivity index (χ2v) is 12.6. The Morgan fingerprint density at radius 2 is 1.17 bits per heavy atom. The minimum Gasteiger partial charge on any atom is -0.456 e. The highest BCUT2D eigenvalue weighted by Crippen LogP contribution is 2.38. The first-order valence-electron chi connectivity index (χ1n) is 14.1. The molecule has 0 spiro atoms. The number of esters is 2. The van der Waals surface area contributed by atoms with Crippen LogP contribution in [0.4, 0.5) is 0 Å². The van der Waals surface area contributed by atoms with Gasteiger partial charge in [-0.2, -0.15) is 0 Å². The van der Waals surface area contributed by atoms with Gasteiger partial charge in [0.05, 0.1) is 17.7 Å². The van der Waals surface area contributed by atoms with Crippen molar-refractivity contribution in [3.05, 3.63) is 71.8 Å². The molecule has 4 unspecified atom stereocenters. The van der Waals surface area contributed by atoms with Crippen LogP contribution in [0.15, 0.2) is 60.7 Å². The number of carbonyl (C=O) groups is 3. The highest BCUT2D eigenvalue weighted by molar-refractivity contribution is 7.99. The van der Waals surface area contributed by atoms with Gasteiger partial charge in [0.15, 0.2) is 12.4 Å². The Hall–Kier alpha value is -2.37. The SMILES string of the molecule is CSC1O[C@H](C=O)C(OC(=O)c2ccccc2)[C@@H](C)[C@H]1C.CSC1O[C@H](CO)C(OC(=O)c2ccccc2)[C@@H](C)[C@H]1C. The third kappa shape index (κ3) is 8.38. The van der Waals surface area contributed by atoms with Gasteiger partial charge in [-0.1, -0.05) is 64.1 Å². The van der Waals surface area contributed by atoms with Gasteiger partial charge >= 0.3 is 11.9 Å². The quantitative estimate of drug-likeness (QED) is 0.308. The van der Waals surface area contributed by atoms with Gasteiger partial charge in [0.1, 0.15) is 29.2 Å². The lowest BCUT2D eigenvalue weighted by molar-refractivity contribution is -0.155. The van der Waals surface area contributed by atoms with Crippen molar-refractivity contribution in [1.29, 1.82) is 0 Å². The Balaban J connectivity index is 0.000000230. The third-order valence-electron chi connectivity index (χ3n) is 8.13. The van der Waals surface area contributed by atoms with Crippen LogP contribution in [-0.2, 0) is 23.7 Å². The monoisotopic (exact) mass is 618 g/mol. The molecular weight excluding hydrogens is 576 g/mol. The van der Waals surface area contributed by atoms with Gasteiger partial charge in [0.25, 0.3) is 0 Å². The normalized spacial score (nSPS) is 32.5. The van der Waals surface area contributed by atoms with Crippen molar-refractivity contribution in [2.75, 3.05) is 19.1 Å². The van der Waals surface area contributed by atoms with E-state index in [0.29, 0.717) is 11.1 Å². The molecule has 0 aromatic heterocycles. The number of aliphatic hydroxyl groups is 1. The van der Waals surface area contributed by atoms with E-state index in [2.05, 4.69) is 13.8 Å². The van der Waals surface area contributed by atoms with Crippen molar-refractivity contribution in [1.82, 2.24) is 0 Å². The summed E-state index contributed by atoms with van der Waals surface area (Å²) in [4.78, 5) is 35.7. The molecular formula is C32H42O8S2. The van der Waals surface area contributed by atoms with Crippen LogP contribution >= 0.6 is 23.5 Å². The lowest BCUT2D eigenvalue weighted by Gasteiger charge is -2.43. The molecule has 42 heavy (non-hydrogen) atoms. The van der Waals surface area contributed by atoms with E-state index >= 15 is 0 Å². The van der Waals surface area contributed by atoms with Crippen LogP contribution in [0.5, 0.6) is 0 Å². The molecule has 0 saturated carbocycles. The second-order valence-electron chi connectivity index (χ2n) is 10.7. The first-order chi connectivity index (χ1) is 20.2. The first-order valence-corrected chi connectivity index (χ1v) is 16.7. The largest absolute Gasteiger partial charge is 0.456 e. The predicted molar refractivity (Wildman–Crippen MR) is 165 cm³/mol. The summed E-state index contributed by atoms with van der Waals surface area (Å²) in [5.74, 6) is -0.164. The second kappa shape index (κ2) is 16.5. The molecule has 230 valence electrons. The van der Waals surface area contributed by atoms with Crippen LogP contribution in [0.2, 0.25) is 0 Å². The Morgan fingerprint density at radius 1 is 0.738 bits per heavy atom. The molecule has 2 aliphatic rings. The van der Waals surface area contributed by atoms with Gasteiger partial charge in [-0.3, -0.25) is 0 Å². The minimum atomic E-state index is -0.707. The number of ether oxygens (including phenoxy) is 4. The molecule has 0 bridgehead atoms. The highest BCUT2D eigenvalue weighted by Gasteiger charge is 2.44. The number of aliphatic hydroxyl groups excluding tert-OH is 1. The fraction of sp³-hybridized carbons (Fsp3) is 0.531. The predicted octanol–water partition coefficient (Wildman–Crippen LogP) is 5.34. The van der Waals surface area contributed by atoms with Crippen molar-refractivity contribution < 1.29 is 38.4 Å². The smallest absolute Gasteiger partial charge is 0.338 e. The molecule has 2 fully saturated rings. The third-order valence-corrected chi connectivity index (χ3v) is 10.1. The number of benzene rings is 2. The molecule has 2 aliphatic heterocycles. The molecule has 2 heterocycles. The molecule has 2 aromatic rings. The number of thioether (sulfide) groups is 2. The summed E-state index contributed by atoms with van der Waals surface area (Å²) in [6.07, 6.45) is 2.51. The first kappa shape index (κ1) is 34.1. The van der Waals surface area contributed by atoms with Gasteiger partial charge in [-0.25, -0.2) is 9.59 Å². The zero-order valence-corrected chi connectivity index (χ0v) is 26.6. The number of rotatable bonds is 8. The van der Waals surface area contributed by atoms with E-state index in [1.165, 1.54) is 0 Å². The average Bonchev–Trinajstić information content (AvgIpc) is 3.03. The van der Waals surface area contributed by atoms with Gasteiger partial charge in [-0.05, 0) is 48.6 Å². The minimum absolute atomic E-state index is 0.0174. The molecule has 2 saturated heterocycles. The summed E-state index contributed by atoms with van der Waals surface area (Å²) < 4.78 is 22.8. The maximum absolute atomic E-state index is 12.2. The van der Waals surface area contributed by atoms with Crippen molar-refractivity contribution in [2.24, 2.45) is 23.7 Å². The lowest BCUT2D eigenvalue weighted by Crippen LogP contribution is -2.51. The van der Waals surface area contributed by atoms with Crippen molar-refractivity contribution in [2.45, 2.75) is 63.0 Å². The van der Waals surface area contributed by atoms with Gasteiger partial charge in [0, 0.05) is 11.8 Å². The van der Waals surface area contributed by atoms with Crippen molar-refractivity contribution >= 4 is 41.7 Å². The Kier molecular flexibility index (Phi) is 13.4. The summed E-state index contributed by atoms with van der Waals surface area (Å²) in [6, 6.07) is 17.7. The van der Waals surface area contributed by atoms with Gasteiger partial charge < -0.3 is 28.8 Å². The van der Waals surface area contributed by atoms with Crippen LogP contribution in [0.1, 0.15) is 48.4 Å². The zero-order valence-electron chi connectivity index (χ0n) is 25.0. The van der Waals surface area contributed by atoms with E-state index in [1.54, 1.807) is 72.1 Å². The standard InChI is InChI=1S/C16H22O4S.C16H20O4S/c2*1-10-11(2)16(21-3)19-13(9-17)14(10)20-15(18)12-7-5-4-6-8-12/h4-8,10-11,13-14,16-17H,9H2,1-3H3;4-11,13-14,16H,1-3H3/t2*10-,11+,13+,14?,16?/m00/s1. The highest BCUT2D eigenvalue weighted by atomic mass is 32.2. The summed E-state index contributed by atoms with van der Waals surface area (Å²) in [7, 11) is 0. The molecule has 0 aliphatic carbocycles. The van der Waals surface area contributed by atoms with E-state index < -0.39 is 30.4 Å². The molecule has 0 amide bonds. The van der Waals surface area contributed by atoms with Crippen molar-refractivity contribution in [3.63, 3.8) is 0 Å². The van der Waals surface area contributed by atoms with Gasteiger partial charge in [0.2, 0.25) is 0 Å². The molecule has 10 heteroatoms. The van der Waals surface area contributed by atoms with E-state index in [0.717, 1.165) is 6.29 Å². The number of aldehydes is 1. The van der Waals surface area contributed by atoms with Crippen molar-refractivity contribution in [3.8, 4) is 0 Å². The Morgan fingerprint density at radius 3 is 1.60 bits per heavy atom. The van der Waals surface area contributed by atoms with E-state index in [4.69, 9.17) is 18.9 Å². The molecule has 8 nitrogen and oxygen atoms in total. The molecule has 10 atom stereocenters. The molecule has 0 radical (unpaired) electrons. The number of hydrogen-bond donors (Lipinski definition) is 1. The number of hydrogen-bond acceptors (Lipinski definition) is 10. The summed E-state index contributed by atoms with van der Waals surface area (Å²) in [5, 5.41) is 9.54. The van der Waals surface area contributed by atoms with Crippen LogP contribution in [0.3, 0.4) is 0 Å². The van der Waals surface area contributed by atoms with Crippen LogP contribution in [0, 0.1) is 23.7 Å².